The largest absolute Gasteiger partial charge is 0.493 e. The lowest BCUT2D eigenvalue weighted by Crippen LogP contribution is -2.26. The molecular formula is C16H23BrN2O. The first-order chi connectivity index (χ1) is 9.76. The maximum Gasteiger partial charge on any atom is 0.127 e. The van der Waals surface area contributed by atoms with Gasteiger partial charge in [0.1, 0.15) is 5.75 Å². The molecule has 1 unspecified atom stereocenters. The molecule has 2 heterocycles. The minimum absolute atomic E-state index is 0.802. The highest BCUT2D eigenvalue weighted by atomic mass is 79.9. The summed E-state index contributed by atoms with van der Waals surface area (Å²) in [5, 5.41) is 3.62. The molecule has 1 aromatic carbocycles. The molecular weight excluding hydrogens is 316 g/mol. The molecule has 1 fully saturated rings. The molecule has 110 valence electrons. The minimum atomic E-state index is 0.802. The Bertz CT molecular complexity index is 478. The van der Waals surface area contributed by atoms with Gasteiger partial charge in [-0.25, -0.2) is 0 Å². The molecule has 0 spiro atoms. The lowest BCUT2D eigenvalue weighted by Gasteiger charge is -2.15. The van der Waals surface area contributed by atoms with Gasteiger partial charge >= 0.3 is 0 Å². The van der Waals surface area contributed by atoms with Crippen molar-refractivity contribution in [2.75, 3.05) is 32.8 Å². The number of benzene rings is 1. The zero-order valence-corrected chi connectivity index (χ0v) is 13.7. The summed E-state index contributed by atoms with van der Waals surface area (Å²) >= 11 is 3.60. The number of ether oxygens (including phenoxy) is 1. The van der Waals surface area contributed by atoms with E-state index in [1.54, 1.807) is 0 Å². The third kappa shape index (κ3) is 3.18. The first-order valence-electron chi connectivity index (χ1n) is 7.63. The Kier molecular flexibility index (Phi) is 4.64. The highest BCUT2D eigenvalue weighted by Crippen LogP contribution is 2.32. The predicted octanol–water partition coefficient (Wildman–Crippen LogP) is 2.82. The summed E-state index contributed by atoms with van der Waals surface area (Å²) in [5.74, 6) is 1.92. The van der Waals surface area contributed by atoms with Crippen LogP contribution in [0.15, 0.2) is 16.6 Å². The summed E-state index contributed by atoms with van der Waals surface area (Å²) in [6.45, 7) is 8.78. The Morgan fingerprint density at radius 3 is 3.15 bits per heavy atom. The van der Waals surface area contributed by atoms with E-state index < -0.39 is 0 Å². The molecule has 0 aliphatic carbocycles. The lowest BCUT2D eigenvalue weighted by atomic mass is 10.1. The van der Waals surface area contributed by atoms with E-state index in [0.29, 0.717) is 0 Å². The van der Waals surface area contributed by atoms with Crippen molar-refractivity contribution in [2.45, 2.75) is 26.3 Å². The van der Waals surface area contributed by atoms with Crippen molar-refractivity contribution in [2.24, 2.45) is 5.92 Å². The van der Waals surface area contributed by atoms with Gasteiger partial charge in [-0.15, -0.1) is 0 Å². The summed E-state index contributed by atoms with van der Waals surface area (Å²) < 4.78 is 6.94. The number of rotatable bonds is 5. The molecule has 0 saturated carbocycles. The van der Waals surface area contributed by atoms with Crippen LogP contribution in [0, 0.1) is 5.92 Å². The van der Waals surface area contributed by atoms with Gasteiger partial charge in [-0.05, 0) is 49.7 Å². The second-order valence-electron chi connectivity index (χ2n) is 5.83. The molecule has 1 saturated heterocycles. The van der Waals surface area contributed by atoms with Gasteiger partial charge in [-0.1, -0.05) is 22.9 Å². The minimum Gasteiger partial charge on any atom is -0.493 e. The first-order valence-corrected chi connectivity index (χ1v) is 8.42. The van der Waals surface area contributed by atoms with Gasteiger partial charge in [0.15, 0.2) is 0 Å². The van der Waals surface area contributed by atoms with Gasteiger partial charge in [0.05, 0.1) is 6.61 Å². The third-order valence-corrected chi connectivity index (χ3v) is 4.85. The number of halogens is 1. The fraction of sp³-hybridized carbons (Fsp3) is 0.625. The molecule has 20 heavy (non-hydrogen) atoms. The maximum absolute atomic E-state index is 5.77. The fourth-order valence-corrected chi connectivity index (χ4v) is 3.81. The topological polar surface area (TPSA) is 24.5 Å². The average molecular weight is 339 g/mol. The summed E-state index contributed by atoms with van der Waals surface area (Å²) in [5.41, 5.74) is 2.63. The van der Waals surface area contributed by atoms with Crippen molar-refractivity contribution < 1.29 is 4.74 Å². The zero-order valence-electron chi connectivity index (χ0n) is 12.1. The van der Waals surface area contributed by atoms with Crippen LogP contribution in [-0.2, 0) is 13.0 Å². The second kappa shape index (κ2) is 6.46. The summed E-state index contributed by atoms with van der Waals surface area (Å²) in [4.78, 5) is 2.53. The molecule has 1 atom stereocenters. The highest BCUT2D eigenvalue weighted by Gasteiger charge is 2.21. The molecule has 1 N–H and O–H groups in total. The van der Waals surface area contributed by atoms with E-state index in [0.717, 1.165) is 42.3 Å². The van der Waals surface area contributed by atoms with Crippen LogP contribution < -0.4 is 10.1 Å². The molecule has 3 nitrogen and oxygen atoms in total. The van der Waals surface area contributed by atoms with Crippen molar-refractivity contribution >= 4 is 15.9 Å². The van der Waals surface area contributed by atoms with Gasteiger partial charge in [0.2, 0.25) is 0 Å². The standard InChI is InChI=1S/C16H23BrN2O/c1-2-19-5-3-12(11-19)9-18-10-14-8-15(17)7-13-4-6-20-16(13)14/h7-8,12,18H,2-6,9-11H2,1H3. The Labute approximate surface area is 129 Å². The van der Waals surface area contributed by atoms with Gasteiger partial charge < -0.3 is 15.0 Å². The van der Waals surface area contributed by atoms with Gasteiger partial charge in [-0.2, -0.15) is 0 Å². The van der Waals surface area contributed by atoms with Crippen molar-refractivity contribution in [1.29, 1.82) is 0 Å². The van der Waals surface area contributed by atoms with E-state index in [1.165, 1.54) is 37.2 Å². The highest BCUT2D eigenvalue weighted by molar-refractivity contribution is 9.10. The predicted molar refractivity (Wildman–Crippen MR) is 85.3 cm³/mol. The first kappa shape index (κ1) is 14.4. The maximum atomic E-state index is 5.77. The fourth-order valence-electron chi connectivity index (χ4n) is 3.25. The van der Waals surface area contributed by atoms with Crippen molar-refractivity contribution in [3.8, 4) is 5.75 Å². The van der Waals surface area contributed by atoms with Crippen LogP contribution in [0.5, 0.6) is 5.75 Å². The van der Waals surface area contributed by atoms with E-state index >= 15 is 0 Å². The summed E-state index contributed by atoms with van der Waals surface area (Å²) in [7, 11) is 0. The van der Waals surface area contributed by atoms with E-state index in [4.69, 9.17) is 4.74 Å². The van der Waals surface area contributed by atoms with Crippen LogP contribution >= 0.6 is 15.9 Å². The van der Waals surface area contributed by atoms with Crippen molar-refractivity contribution in [3.63, 3.8) is 0 Å². The Morgan fingerprint density at radius 2 is 2.35 bits per heavy atom. The van der Waals surface area contributed by atoms with Crippen LogP contribution in [0.2, 0.25) is 0 Å². The molecule has 2 aliphatic heterocycles. The molecule has 0 aromatic heterocycles. The van der Waals surface area contributed by atoms with Crippen LogP contribution in [0.25, 0.3) is 0 Å². The van der Waals surface area contributed by atoms with E-state index in [1.807, 2.05) is 0 Å². The van der Waals surface area contributed by atoms with Crippen LogP contribution in [-0.4, -0.2) is 37.7 Å². The number of likely N-dealkylation sites (tertiary alicyclic amines) is 1. The Morgan fingerprint density at radius 1 is 1.45 bits per heavy atom. The molecule has 4 heteroatoms. The van der Waals surface area contributed by atoms with Crippen LogP contribution in [0.4, 0.5) is 0 Å². The SMILES string of the molecule is CCN1CCC(CNCc2cc(Br)cc3c2OCC3)C1. The molecule has 2 aliphatic rings. The smallest absolute Gasteiger partial charge is 0.127 e. The Balaban J connectivity index is 1.54. The Hall–Kier alpha value is -0.580. The number of nitrogens with zero attached hydrogens (tertiary/aromatic N) is 1. The molecule has 1 aromatic rings. The third-order valence-electron chi connectivity index (χ3n) is 4.39. The van der Waals surface area contributed by atoms with Crippen molar-refractivity contribution in [3.05, 3.63) is 27.7 Å². The number of hydrogen-bond acceptors (Lipinski definition) is 3. The lowest BCUT2D eigenvalue weighted by molar-refractivity contribution is 0.337. The number of nitrogens with one attached hydrogen (secondary N) is 1. The van der Waals surface area contributed by atoms with Gasteiger partial charge in [0.25, 0.3) is 0 Å². The van der Waals surface area contributed by atoms with Gasteiger partial charge in [-0.3, -0.25) is 0 Å². The average Bonchev–Trinajstić information content (AvgIpc) is 3.06. The summed E-state index contributed by atoms with van der Waals surface area (Å²) in [6.07, 6.45) is 2.36. The van der Waals surface area contributed by atoms with Crippen LogP contribution in [0.1, 0.15) is 24.5 Å². The van der Waals surface area contributed by atoms with E-state index in [2.05, 4.69) is 45.2 Å². The quantitative estimate of drug-likeness (QED) is 0.893. The molecule has 0 bridgehead atoms. The van der Waals surface area contributed by atoms with E-state index in [-0.39, 0.29) is 0 Å². The van der Waals surface area contributed by atoms with Crippen molar-refractivity contribution in [1.82, 2.24) is 10.2 Å². The zero-order chi connectivity index (χ0) is 13.9. The van der Waals surface area contributed by atoms with E-state index in [9.17, 15) is 0 Å². The number of fused-ring (bicyclic) bond motifs is 1. The summed E-state index contributed by atoms with van der Waals surface area (Å²) in [6, 6.07) is 4.37. The monoisotopic (exact) mass is 338 g/mol. The number of hydrogen-bond donors (Lipinski definition) is 1. The van der Waals surface area contributed by atoms with Crippen LogP contribution in [0.3, 0.4) is 0 Å². The molecule has 0 amide bonds. The normalized spacial score (nSPS) is 22.0. The second-order valence-corrected chi connectivity index (χ2v) is 6.75. The molecule has 0 radical (unpaired) electrons. The van der Waals surface area contributed by atoms with Gasteiger partial charge in [0, 0.05) is 29.5 Å². The molecule has 3 rings (SSSR count).